The molecule has 0 aromatic carbocycles. The zero-order valence-electron chi connectivity index (χ0n) is 12.8. The average Bonchev–Trinajstić information content (AvgIpc) is 2.51. The number of β-lactam (4-membered cyclic amide) rings is 1. The number of fused-ring (bicyclic) bond motifs is 1. The lowest BCUT2D eigenvalue weighted by Crippen LogP contribution is -2.69. The van der Waals surface area contributed by atoms with Crippen LogP contribution in [0.4, 0.5) is 0 Å². The van der Waals surface area contributed by atoms with Crippen molar-refractivity contribution in [3.8, 4) is 0 Å². The smallest absolute Gasteiger partial charge is 0.248 e. The predicted molar refractivity (Wildman–Crippen MR) is 79.9 cm³/mol. The summed E-state index contributed by atoms with van der Waals surface area (Å²) < 4.78 is 0.811. The molecule has 0 bridgehead atoms. The lowest BCUT2D eigenvalue weighted by atomic mass is 10.0. The highest BCUT2D eigenvalue weighted by atomic mass is 32.2. The van der Waals surface area contributed by atoms with E-state index in [1.807, 2.05) is 0 Å². The van der Waals surface area contributed by atoms with Gasteiger partial charge in [-0.05, 0) is 20.8 Å². The summed E-state index contributed by atoms with van der Waals surface area (Å²) in [7, 11) is 0. The lowest BCUT2D eigenvalue weighted by molar-refractivity contribution is -0.918. The molecular formula is C14H23N3O3S. The van der Waals surface area contributed by atoms with E-state index in [0.717, 1.165) is 29.7 Å². The summed E-state index contributed by atoms with van der Waals surface area (Å²) in [5.41, 5.74) is 6.59. The number of quaternary nitrogens is 1. The van der Waals surface area contributed by atoms with Crippen molar-refractivity contribution in [2.24, 2.45) is 5.73 Å². The van der Waals surface area contributed by atoms with Gasteiger partial charge in [-0.1, -0.05) is 0 Å². The van der Waals surface area contributed by atoms with Gasteiger partial charge in [0.1, 0.15) is 18.0 Å². The van der Waals surface area contributed by atoms with Gasteiger partial charge in [-0.3, -0.25) is 9.69 Å². The van der Waals surface area contributed by atoms with E-state index < -0.39 is 12.0 Å². The van der Waals surface area contributed by atoms with Crippen LogP contribution in [0.25, 0.3) is 0 Å². The molecule has 7 heteroatoms. The Morgan fingerprint density at radius 1 is 1.38 bits per heavy atom. The van der Waals surface area contributed by atoms with Gasteiger partial charge in [0.15, 0.2) is 0 Å². The quantitative estimate of drug-likeness (QED) is 0.508. The largest absolute Gasteiger partial charge is 0.543 e. The number of carboxylic acids is 1. The second-order valence-electron chi connectivity index (χ2n) is 5.62. The SMILES string of the molecule is CC[N+](CC)(CC)CC1=C(C(=O)[O-])N2C(=O)C(N)C2SC1. The first kappa shape index (κ1) is 16.3. The maximum Gasteiger partial charge on any atom is 0.248 e. The van der Waals surface area contributed by atoms with Crippen LogP contribution in [0.5, 0.6) is 0 Å². The summed E-state index contributed by atoms with van der Waals surface area (Å²) in [5.74, 6) is -0.977. The Hall–Kier alpha value is -1.05. The first-order chi connectivity index (χ1) is 9.90. The van der Waals surface area contributed by atoms with Crippen molar-refractivity contribution in [1.29, 1.82) is 0 Å². The predicted octanol–water partition coefficient (Wildman–Crippen LogP) is -0.891. The summed E-state index contributed by atoms with van der Waals surface area (Å²) in [4.78, 5) is 24.7. The van der Waals surface area contributed by atoms with Gasteiger partial charge in [-0.25, -0.2) is 0 Å². The minimum Gasteiger partial charge on any atom is -0.543 e. The fraction of sp³-hybridized carbons (Fsp3) is 0.714. The van der Waals surface area contributed by atoms with Crippen LogP contribution in [0.2, 0.25) is 0 Å². The Morgan fingerprint density at radius 3 is 2.43 bits per heavy atom. The number of thioether (sulfide) groups is 1. The molecule has 0 saturated carbocycles. The van der Waals surface area contributed by atoms with Crippen LogP contribution in [0, 0.1) is 0 Å². The molecule has 2 unspecified atom stereocenters. The standard InChI is InChI=1S/C14H23N3O3S/c1-4-17(5-2,6-3)7-9-8-21-13-10(15)12(18)16(13)11(9)14(19)20/h10,13H,4-8,15H2,1-3H3. The maximum atomic E-state index is 11.9. The van der Waals surface area contributed by atoms with E-state index in [4.69, 9.17) is 5.73 Å². The molecule has 21 heavy (non-hydrogen) atoms. The first-order valence-corrected chi connectivity index (χ1v) is 8.44. The van der Waals surface area contributed by atoms with Crippen molar-refractivity contribution in [2.75, 3.05) is 31.9 Å². The fourth-order valence-corrected chi connectivity index (χ4v) is 4.38. The van der Waals surface area contributed by atoms with Crippen molar-refractivity contribution in [1.82, 2.24) is 4.90 Å². The molecule has 0 aromatic rings. The van der Waals surface area contributed by atoms with Crippen molar-refractivity contribution >= 4 is 23.6 Å². The van der Waals surface area contributed by atoms with Gasteiger partial charge in [-0.15, -0.1) is 11.8 Å². The number of aliphatic carboxylic acids is 1. The number of carbonyl (C=O) groups is 2. The van der Waals surface area contributed by atoms with Crippen LogP contribution < -0.4 is 10.8 Å². The van der Waals surface area contributed by atoms with Crippen LogP contribution >= 0.6 is 11.8 Å². The first-order valence-electron chi connectivity index (χ1n) is 7.39. The summed E-state index contributed by atoms with van der Waals surface area (Å²) in [6.45, 7) is 9.75. The van der Waals surface area contributed by atoms with Gasteiger partial charge in [-0.2, -0.15) is 0 Å². The molecule has 2 rings (SSSR count). The Morgan fingerprint density at radius 2 is 1.95 bits per heavy atom. The van der Waals surface area contributed by atoms with E-state index >= 15 is 0 Å². The van der Waals surface area contributed by atoms with Crippen molar-refractivity contribution in [3.63, 3.8) is 0 Å². The molecule has 118 valence electrons. The number of carbonyl (C=O) groups excluding carboxylic acids is 2. The Bertz CT molecular complexity index is 480. The number of amides is 1. The fourth-order valence-electron chi connectivity index (χ4n) is 3.10. The van der Waals surface area contributed by atoms with Gasteiger partial charge in [0.25, 0.3) is 0 Å². The number of carboxylic acid groups (broad SMARTS) is 1. The van der Waals surface area contributed by atoms with Crippen LogP contribution in [-0.2, 0) is 9.59 Å². The second kappa shape index (κ2) is 5.98. The van der Waals surface area contributed by atoms with E-state index in [9.17, 15) is 14.7 Å². The third kappa shape index (κ3) is 2.58. The molecule has 2 heterocycles. The van der Waals surface area contributed by atoms with E-state index in [1.54, 1.807) is 11.8 Å². The van der Waals surface area contributed by atoms with E-state index in [2.05, 4.69) is 20.8 Å². The molecule has 1 fully saturated rings. The molecule has 0 spiro atoms. The van der Waals surface area contributed by atoms with Gasteiger partial charge in [0, 0.05) is 11.3 Å². The highest BCUT2D eigenvalue weighted by molar-refractivity contribution is 8.00. The van der Waals surface area contributed by atoms with Crippen molar-refractivity contribution < 1.29 is 19.2 Å². The molecule has 0 radical (unpaired) electrons. The molecule has 2 N–H and O–H groups in total. The number of nitrogens with two attached hydrogens (primary N) is 1. The van der Waals surface area contributed by atoms with Gasteiger partial charge in [0.05, 0.1) is 31.3 Å². The zero-order valence-corrected chi connectivity index (χ0v) is 13.6. The van der Waals surface area contributed by atoms with Gasteiger partial charge in [0.2, 0.25) is 5.91 Å². The number of hydrogen-bond donors (Lipinski definition) is 1. The van der Waals surface area contributed by atoms with Crippen LogP contribution in [0.15, 0.2) is 11.3 Å². The highest BCUT2D eigenvalue weighted by Crippen LogP contribution is 2.39. The molecule has 2 aliphatic heterocycles. The monoisotopic (exact) mass is 313 g/mol. The highest BCUT2D eigenvalue weighted by Gasteiger charge is 2.50. The molecule has 1 amide bonds. The van der Waals surface area contributed by atoms with Crippen LogP contribution in [0.3, 0.4) is 0 Å². The van der Waals surface area contributed by atoms with Gasteiger partial charge < -0.3 is 20.1 Å². The molecular weight excluding hydrogens is 290 g/mol. The lowest BCUT2D eigenvalue weighted by Gasteiger charge is -2.50. The average molecular weight is 313 g/mol. The topological polar surface area (TPSA) is 86.5 Å². The Labute approximate surface area is 129 Å². The van der Waals surface area contributed by atoms with Crippen LogP contribution in [-0.4, -0.2) is 64.6 Å². The maximum absolute atomic E-state index is 11.9. The van der Waals surface area contributed by atoms with E-state index in [1.165, 1.54) is 4.90 Å². The summed E-state index contributed by atoms with van der Waals surface area (Å²) >= 11 is 1.55. The van der Waals surface area contributed by atoms with E-state index in [-0.39, 0.29) is 17.0 Å². The van der Waals surface area contributed by atoms with Crippen molar-refractivity contribution in [2.45, 2.75) is 32.2 Å². The normalized spacial score (nSPS) is 25.7. The van der Waals surface area contributed by atoms with Crippen LogP contribution in [0.1, 0.15) is 20.8 Å². The molecule has 1 saturated heterocycles. The zero-order chi connectivity index (χ0) is 15.8. The molecule has 2 atom stereocenters. The third-order valence-electron chi connectivity index (χ3n) is 4.82. The minimum absolute atomic E-state index is 0.0586. The van der Waals surface area contributed by atoms with Crippen molar-refractivity contribution in [3.05, 3.63) is 11.3 Å². The second-order valence-corrected chi connectivity index (χ2v) is 6.73. The molecule has 2 aliphatic rings. The summed E-state index contributed by atoms with van der Waals surface area (Å²) in [6.07, 6.45) is 0. The Balaban J connectivity index is 2.35. The summed E-state index contributed by atoms with van der Waals surface area (Å²) in [5, 5.41) is 11.3. The molecule has 0 aromatic heterocycles. The summed E-state index contributed by atoms with van der Waals surface area (Å²) in [6, 6.07) is -0.589. The minimum atomic E-state index is -1.27. The molecule has 6 nitrogen and oxygen atoms in total. The number of rotatable bonds is 6. The van der Waals surface area contributed by atoms with E-state index in [0.29, 0.717) is 12.3 Å². The number of hydrogen-bond acceptors (Lipinski definition) is 5. The Kier molecular flexibility index (Phi) is 4.65. The van der Waals surface area contributed by atoms with Gasteiger partial charge >= 0.3 is 0 Å². The molecule has 0 aliphatic carbocycles. The number of likely N-dealkylation sites (N-methyl/N-ethyl adjacent to an activating group) is 1. The number of nitrogens with zero attached hydrogens (tertiary/aromatic N) is 2. The third-order valence-corrected chi connectivity index (χ3v) is 6.18.